The summed E-state index contributed by atoms with van der Waals surface area (Å²) in [5.74, 6) is -1.02. The molecule has 0 radical (unpaired) electrons. The van der Waals surface area contributed by atoms with Gasteiger partial charge in [0.1, 0.15) is 0 Å². The van der Waals surface area contributed by atoms with Gasteiger partial charge in [0.15, 0.2) is 0 Å². The summed E-state index contributed by atoms with van der Waals surface area (Å²) in [6.07, 6.45) is 0. The second-order valence-corrected chi connectivity index (χ2v) is 4.03. The number of hydrogen-bond donors (Lipinski definition) is 0. The summed E-state index contributed by atoms with van der Waals surface area (Å²) in [5.41, 5.74) is 0. The van der Waals surface area contributed by atoms with Gasteiger partial charge >= 0.3 is 11.9 Å². The quantitative estimate of drug-likeness (QED) is 0.560. The third-order valence-corrected chi connectivity index (χ3v) is 3.39. The maximum Gasteiger partial charge on any atom is 0.375 e. The number of hydrogen-bond acceptors (Lipinski definition) is 5. The van der Waals surface area contributed by atoms with E-state index in [9.17, 15) is 9.59 Å². The van der Waals surface area contributed by atoms with E-state index < -0.39 is 11.9 Å². The fourth-order valence-electron chi connectivity index (χ4n) is 0.694. The second-order valence-electron chi connectivity index (χ2n) is 1.97. The van der Waals surface area contributed by atoms with Gasteiger partial charge in [-0.25, -0.2) is 9.59 Å². The van der Waals surface area contributed by atoms with Crippen LogP contribution in [0.4, 0.5) is 0 Å². The maximum absolute atomic E-state index is 11.1. The number of methoxy groups -OCH3 is 2. The molecule has 0 aliphatic heterocycles. The van der Waals surface area contributed by atoms with E-state index in [1.54, 1.807) is 4.69 Å². The van der Waals surface area contributed by atoms with Crippen LogP contribution in [0.25, 0.3) is 0 Å². The fourth-order valence-corrected chi connectivity index (χ4v) is 2.69. The zero-order valence-corrected chi connectivity index (χ0v) is 8.66. The van der Waals surface area contributed by atoms with E-state index in [2.05, 4.69) is 9.47 Å². The van der Waals surface area contributed by atoms with Crippen molar-refractivity contribution in [2.45, 2.75) is 0 Å². The molecule has 0 aliphatic carbocycles. The van der Waals surface area contributed by atoms with Gasteiger partial charge in [-0.2, -0.15) is 0 Å². The molecule has 4 nitrogen and oxygen atoms in total. The number of rotatable bonds is 2. The van der Waals surface area contributed by atoms with Crippen LogP contribution >= 0.6 is 22.7 Å². The van der Waals surface area contributed by atoms with E-state index in [1.807, 2.05) is 0 Å². The molecule has 0 N–H and O–H groups in total. The Balaban J connectivity index is 3.02. The van der Waals surface area contributed by atoms with Crippen LogP contribution in [0, 0.1) is 0 Å². The standard InChI is InChI=1S/C7H7O4S2/c1-10-6(8)4-5(7(9)11-2)13-3-12-4/h3H,1-2H3/q+1. The molecule has 6 heteroatoms. The lowest BCUT2D eigenvalue weighted by Gasteiger charge is -1.92. The lowest BCUT2D eigenvalue weighted by molar-refractivity contribution is 0.0564. The highest BCUT2D eigenvalue weighted by Gasteiger charge is 2.30. The zero-order chi connectivity index (χ0) is 9.84. The largest absolute Gasteiger partial charge is 0.463 e. The van der Waals surface area contributed by atoms with E-state index in [4.69, 9.17) is 0 Å². The highest BCUT2D eigenvalue weighted by atomic mass is 32.2. The number of carbonyl (C=O) groups is 2. The zero-order valence-electron chi connectivity index (χ0n) is 7.03. The molecule has 1 rings (SSSR count). The predicted molar refractivity (Wildman–Crippen MR) is 49.3 cm³/mol. The molecule has 0 aliphatic rings. The molecule has 0 saturated heterocycles. The van der Waals surface area contributed by atoms with E-state index in [-0.39, 0.29) is 0 Å². The normalized spacial score (nSPS) is 9.38. The Hall–Kier alpha value is -1.01. The van der Waals surface area contributed by atoms with Crippen molar-refractivity contribution in [3.05, 3.63) is 14.4 Å². The lowest BCUT2D eigenvalue weighted by Crippen LogP contribution is -2.07. The minimum absolute atomic E-state index is 0.291. The average Bonchev–Trinajstić information content (AvgIpc) is 2.63. The van der Waals surface area contributed by atoms with Crippen LogP contribution in [-0.4, -0.2) is 26.2 Å². The Bertz CT molecular complexity index is 300. The van der Waals surface area contributed by atoms with Crippen LogP contribution in [0.1, 0.15) is 19.3 Å². The van der Waals surface area contributed by atoms with Crippen LogP contribution in [0.5, 0.6) is 0 Å². The summed E-state index contributed by atoms with van der Waals surface area (Å²) >= 11 is 2.34. The van der Waals surface area contributed by atoms with Gasteiger partial charge in [0, 0.05) is 0 Å². The van der Waals surface area contributed by atoms with Crippen molar-refractivity contribution in [2.24, 2.45) is 0 Å². The van der Waals surface area contributed by atoms with Gasteiger partial charge < -0.3 is 9.47 Å². The van der Waals surface area contributed by atoms with Gasteiger partial charge in [-0.3, -0.25) is 0 Å². The first-order valence-corrected chi connectivity index (χ1v) is 5.02. The molecule has 0 amide bonds. The molecule has 0 spiro atoms. The molecular weight excluding hydrogens is 212 g/mol. The first kappa shape index (κ1) is 10.1. The van der Waals surface area contributed by atoms with E-state index in [1.165, 1.54) is 36.9 Å². The SMILES string of the molecule is COC(=O)c1sc[s+]c1C(=O)OC. The molecule has 1 aromatic rings. The van der Waals surface area contributed by atoms with Crippen LogP contribution in [0.3, 0.4) is 0 Å². The Labute approximate surface area is 82.7 Å². The minimum atomic E-state index is -0.508. The van der Waals surface area contributed by atoms with Crippen molar-refractivity contribution < 1.29 is 19.1 Å². The minimum Gasteiger partial charge on any atom is -0.463 e. The molecule has 0 aromatic carbocycles. The van der Waals surface area contributed by atoms with Crippen LogP contribution in [0.15, 0.2) is 4.69 Å². The van der Waals surface area contributed by atoms with E-state index in [0.29, 0.717) is 9.75 Å². The molecule has 13 heavy (non-hydrogen) atoms. The third-order valence-electron chi connectivity index (χ3n) is 1.28. The van der Waals surface area contributed by atoms with Crippen LogP contribution in [-0.2, 0) is 9.47 Å². The van der Waals surface area contributed by atoms with Gasteiger partial charge in [0.25, 0.3) is 9.75 Å². The molecule has 0 fully saturated rings. The van der Waals surface area contributed by atoms with Crippen molar-refractivity contribution in [1.29, 1.82) is 0 Å². The molecular formula is C7H7O4S2+. The highest BCUT2D eigenvalue weighted by molar-refractivity contribution is 7.30. The Morgan fingerprint density at radius 1 is 1.31 bits per heavy atom. The first-order valence-electron chi connectivity index (χ1n) is 3.26. The molecule has 0 saturated carbocycles. The Morgan fingerprint density at radius 2 is 1.92 bits per heavy atom. The summed E-state index contributed by atoms with van der Waals surface area (Å²) in [6, 6.07) is 0. The number of carbonyl (C=O) groups excluding carboxylic acids is 2. The van der Waals surface area contributed by atoms with Crippen molar-refractivity contribution in [2.75, 3.05) is 14.2 Å². The monoisotopic (exact) mass is 219 g/mol. The van der Waals surface area contributed by atoms with Crippen molar-refractivity contribution in [1.82, 2.24) is 0 Å². The molecule has 0 unspecified atom stereocenters. The highest BCUT2D eigenvalue weighted by Crippen LogP contribution is 2.23. The van der Waals surface area contributed by atoms with Crippen molar-refractivity contribution >= 4 is 34.6 Å². The summed E-state index contributed by atoms with van der Waals surface area (Å²) in [6.45, 7) is 0. The molecule has 1 aromatic heterocycles. The Morgan fingerprint density at radius 3 is 2.46 bits per heavy atom. The topological polar surface area (TPSA) is 52.6 Å². The van der Waals surface area contributed by atoms with Crippen molar-refractivity contribution in [3.63, 3.8) is 0 Å². The van der Waals surface area contributed by atoms with Crippen LogP contribution < -0.4 is 0 Å². The van der Waals surface area contributed by atoms with E-state index in [0.717, 1.165) is 0 Å². The average molecular weight is 219 g/mol. The summed E-state index contributed by atoms with van der Waals surface area (Å²) in [4.78, 5) is 22.8. The molecule has 1 heterocycles. The van der Waals surface area contributed by atoms with Crippen LogP contribution in [0.2, 0.25) is 0 Å². The smallest absolute Gasteiger partial charge is 0.375 e. The summed E-state index contributed by atoms with van der Waals surface area (Å²) in [7, 11) is 2.54. The maximum atomic E-state index is 11.1. The van der Waals surface area contributed by atoms with Crippen molar-refractivity contribution in [3.8, 4) is 0 Å². The molecule has 0 bridgehead atoms. The summed E-state index contributed by atoms with van der Waals surface area (Å²) in [5, 5.41) is 0. The van der Waals surface area contributed by atoms with Gasteiger partial charge in [-0.05, 0) is 0 Å². The number of ether oxygens (including phenoxy) is 2. The van der Waals surface area contributed by atoms with E-state index >= 15 is 0 Å². The number of esters is 2. The lowest BCUT2D eigenvalue weighted by atomic mass is 10.4. The van der Waals surface area contributed by atoms with Gasteiger partial charge in [0.05, 0.1) is 36.9 Å². The third kappa shape index (κ3) is 2.02. The fraction of sp³-hybridized carbons (Fsp3) is 0.286. The van der Waals surface area contributed by atoms with Gasteiger partial charge in [-0.1, -0.05) is 0 Å². The van der Waals surface area contributed by atoms with Gasteiger partial charge in [0.2, 0.25) is 4.69 Å². The van der Waals surface area contributed by atoms with Gasteiger partial charge in [-0.15, -0.1) is 0 Å². The summed E-state index contributed by atoms with van der Waals surface area (Å²) < 4.78 is 10.7. The Kier molecular flexibility index (Phi) is 3.32. The molecule has 70 valence electrons. The second kappa shape index (κ2) is 4.29. The first-order chi connectivity index (χ1) is 6.20. The predicted octanol–water partition coefficient (Wildman–Crippen LogP) is 1.66. The molecule has 0 atom stereocenters.